The first-order valence-corrected chi connectivity index (χ1v) is 7.74. The number of hydrogen-bond donors (Lipinski definition) is 2. The number of nitrogens with zero attached hydrogens (tertiary/aromatic N) is 2. The monoisotopic (exact) mass is 289 g/mol. The van der Waals surface area contributed by atoms with Crippen LogP contribution in [0.15, 0.2) is 12.1 Å². The van der Waals surface area contributed by atoms with Gasteiger partial charge >= 0.3 is 5.97 Å². The van der Waals surface area contributed by atoms with Crippen LogP contribution in [0.3, 0.4) is 0 Å². The van der Waals surface area contributed by atoms with Gasteiger partial charge in [0.15, 0.2) is 0 Å². The van der Waals surface area contributed by atoms with Crippen LogP contribution >= 0.6 is 0 Å². The molecule has 0 saturated carbocycles. The summed E-state index contributed by atoms with van der Waals surface area (Å²) in [6.45, 7) is 1.75. The molecule has 114 valence electrons. The number of aryl methyl sites for hydroxylation is 1. The molecule has 2 bridgehead atoms. The Kier molecular flexibility index (Phi) is 3.85. The van der Waals surface area contributed by atoms with E-state index < -0.39 is 5.97 Å². The number of rotatable bonds is 3. The third-order valence-corrected chi connectivity index (χ3v) is 5.01. The lowest BCUT2D eigenvalue weighted by molar-refractivity contribution is 0.0608. The maximum Gasteiger partial charge on any atom is 0.337 e. The normalized spacial score (nSPS) is 29.1. The lowest BCUT2D eigenvalue weighted by Crippen LogP contribution is -2.52. The van der Waals surface area contributed by atoms with Crippen LogP contribution in [-0.4, -0.2) is 46.1 Å². The summed E-state index contributed by atoms with van der Waals surface area (Å²) < 4.78 is 0. The summed E-state index contributed by atoms with van der Waals surface area (Å²) in [5, 5.41) is 12.6. The minimum absolute atomic E-state index is 0.279. The highest BCUT2D eigenvalue weighted by Gasteiger charge is 2.35. The Morgan fingerprint density at radius 1 is 1.33 bits per heavy atom. The van der Waals surface area contributed by atoms with E-state index in [-0.39, 0.29) is 5.56 Å². The molecule has 2 unspecified atom stereocenters. The van der Waals surface area contributed by atoms with E-state index in [1.807, 2.05) is 0 Å². The average molecular weight is 289 g/mol. The van der Waals surface area contributed by atoms with Gasteiger partial charge in [-0.3, -0.25) is 0 Å². The molecule has 5 nitrogen and oxygen atoms in total. The van der Waals surface area contributed by atoms with E-state index in [0.717, 1.165) is 18.7 Å². The van der Waals surface area contributed by atoms with Crippen LogP contribution in [-0.2, 0) is 0 Å². The van der Waals surface area contributed by atoms with E-state index in [1.165, 1.54) is 19.3 Å². The molecular weight excluding hydrogens is 266 g/mol. The van der Waals surface area contributed by atoms with Crippen molar-refractivity contribution < 1.29 is 9.90 Å². The third-order valence-electron chi connectivity index (χ3n) is 5.01. The van der Waals surface area contributed by atoms with Crippen molar-refractivity contribution in [3.05, 3.63) is 23.4 Å². The van der Waals surface area contributed by atoms with Gasteiger partial charge < -0.3 is 15.3 Å². The quantitative estimate of drug-likeness (QED) is 0.895. The lowest BCUT2D eigenvalue weighted by atomic mass is 9.82. The minimum atomic E-state index is -0.916. The van der Waals surface area contributed by atoms with Gasteiger partial charge in [-0.1, -0.05) is 6.42 Å². The number of carbonyl (C=O) groups is 1. The molecule has 0 aromatic carbocycles. The number of carboxylic acids is 1. The minimum Gasteiger partial charge on any atom is -0.478 e. The molecule has 2 N–H and O–H groups in total. The summed E-state index contributed by atoms with van der Waals surface area (Å²) in [5.41, 5.74) is 0.849. The van der Waals surface area contributed by atoms with Gasteiger partial charge in [0.1, 0.15) is 5.82 Å². The molecular formula is C16H23N3O2. The molecule has 2 atom stereocenters. The average Bonchev–Trinajstić information content (AvgIpc) is 2.39. The molecule has 2 aliphatic rings. The summed E-state index contributed by atoms with van der Waals surface area (Å²) >= 11 is 0. The zero-order valence-corrected chi connectivity index (χ0v) is 12.7. The van der Waals surface area contributed by atoms with Crippen LogP contribution in [0.1, 0.15) is 48.2 Å². The highest BCUT2D eigenvalue weighted by Crippen LogP contribution is 2.33. The molecule has 3 rings (SSSR count). The number of aromatic carboxylic acids is 1. The Labute approximate surface area is 125 Å². The highest BCUT2D eigenvalue weighted by atomic mass is 16.4. The van der Waals surface area contributed by atoms with Crippen molar-refractivity contribution in [3.63, 3.8) is 0 Å². The largest absolute Gasteiger partial charge is 0.478 e. The number of piperidine rings is 2. The van der Waals surface area contributed by atoms with Crippen molar-refractivity contribution in [1.29, 1.82) is 0 Å². The van der Waals surface area contributed by atoms with Gasteiger partial charge in [0.25, 0.3) is 0 Å². The van der Waals surface area contributed by atoms with E-state index >= 15 is 0 Å². The van der Waals surface area contributed by atoms with Crippen molar-refractivity contribution in [2.45, 2.75) is 57.2 Å². The van der Waals surface area contributed by atoms with Gasteiger partial charge in [-0.25, -0.2) is 9.78 Å². The first kappa shape index (κ1) is 14.3. The fourth-order valence-corrected chi connectivity index (χ4v) is 3.81. The zero-order valence-electron chi connectivity index (χ0n) is 12.7. The molecule has 21 heavy (non-hydrogen) atoms. The van der Waals surface area contributed by atoms with Crippen LogP contribution in [0.2, 0.25) is 0 Å². The standard InChI is InChI=1S/C16H23N3O2/c1-10-14(16(20)21)6-7-15(17-10)18-11-8-12-4-3-5-13(9-11)19(12)2/h6-7,11-13H,3-5,8-9H2,1-2H3,(H,17,18)(H,20,21). The van der Waals surface area contributed by atoms with E-state index in [2.05, 4.69) is 22.2 Å². The number of carboxylic acid groups (broad SMARTS) is 1. The first-order valence-electron chi connectivity index (χ1n) is 7.74. The Morgan fingerprint density at radius 3 is 2.57 bits per heavy atom. The van der Waals surface area contributed by atoms with Crippen LogP contribution in [0.4, 0.5) is 5.82 Å². The third kappa shape index (κ3) is 2.88. The van der Waals surface area contributed by atoms with Crippen molar-refractivity contribution in [2.75, 3.05) is 12.4 Å². The van der Waals surface area contributed by atoms with Crippen LogP contribution < -0.4 is 5.32 Å². The van der Waals surface area contributed by atoms with Gasteiger partial charge in [-0.15, -0.1) is 0 Å². The van der Waals surface area contributed by atoms with Crippen LogP contribution in [0, 0.1) is 6.92 Å². The number of aromatic nitrogens is 1. The molecule has 2 fully saturated rings. The van der Waals surface area contributed by atoms with E-state index in [0.29, 0.717) is 23.8 Å². The Balaban J connectivity index is 1.70. The number of nitrogens with one attached hydrogen (secondary N) is 1. The lowest BCUT2D eigenvalue weighted by Gasteiger charge is -2.47. The van der Waals surface area contributed by atoms with Gasteiger partial charge in [-0.2, -0.15) is 0 Å². The summed E-state index contributed by atoms with van der Waals surface area (Å²) in [5.74, 6) is -0.120. The van der Waals surface area contributed by atoms with E-state index in [1.54, 1.807) is 19.1 Å². The first-order chi connectivity index (χ1) is 10.0. The van der Waals surface area contributed by atoms with Gasteiger partial charge in [0.05, 0.1) is 11.3 Å². The number of hydrogen-bond acceptors (Lipinski definition) is 4. The summed E-state index contributed by atoms with van der Waals surface area (Å²) in [6.07, 6.45) is 6.21. The highest BCUT2D eigenvalue weighted by molar-refractivity contribution is 5.89. The molecule has 0 aliphatic carbocycles. The molecule has 0 radical (unpaired) electrons. The SMILES string of the molecule is Cc1nc(NC2CC3CCCC(C2)N3C)ccc1C(=O)O. The second kappa shape index (κ2) is 5.64. The van der Waals surface area contributed by atoms with Crippen molar-refractivity contribution in [2.24, 2.45) is 0 Å². The van der Waals surface area contributed by atoms with E-state index in [4.69, 9.17) is 5.11 Å². The van der Waals surface area contributed by atoms with Crippen molar-refractivity contribution in [3.8, 4) is 0 Å². The molecule has 1 aromatic heterocycles. The van der Waals surface area contributed by atoms with Gasteiger partial charge in [0.2, 0.25) is 0 Å². The Bertz CT molecular complexity index is 532. The number of fused-ring (bicyclic) bond motifs is 2. The second-order valence-electron chi connectivity index (χ2n) is 6.35. The second-order valence-corrected chi connectivity index (χ2v) is 6.35. The summed E-state index contributed by atoms with van der Waals surface area (Å²) in [7, 11) is 2.24. The number of anilines is 1. The zero-order chi connectivity index (χ0) is 15.0. The van der Waals surface area contributed by atoms with Crippen LogP contribution in [0.5, 0.6) is 0 Å². The molecule has 0 amide bonds. The maximum atomic E-state index is 11.0. The predicted octanol–water partition coefficient (Wildman–Crippen LogP) is 2.52. The maximum absolute atomic E-state index is 11.0. The molecule has 2 saturated heterocycles. The molecule has 2 aliphatic heterocycles. The molecule has 5 heteroatoms. The molecule has 0 spiro atoms. The van der Waals surface area contributed by atoms with Gasteiger partial charge in [0, 0.05) is 18.1 Å². The van der Waals surface area contributed by atoms with Crippen molar-refractivity contribution in [1.82, 2.24) is 9.88 Å². The van der Waals surface area contributed by atoms with Gasteiger partial charge in [-0.05, 0) is 51.8 Å². The van der Waals surface area contributed by atoms with E-state index in [9.17, 15) is 4.79 Å². The molecule has 3 heterocycles. The fourth-order valence-electron chi connectivity index (χ4n) is 3.81. The predicted molar refractivity (Wildman–Crippen MR) is 81.8 cm³/mol. The summed E-state index contributed by atoms with van der Waals surface area (Å²) in [6, 6.07) is 5.22. The smallest absolute Gasteiger partial charge is 0.337 e. The van der Waals surface area contributed by atoms with Crippen LogP contribution in [0.25, 0.3) is 0 Å². The Hall–Kier alpha value is -1.62. The number of pyridine rings is 1. The van der Waals surface area contributed by atoms with Crippen molar-refractivity contribution >= 4 is 11.8 Å². The topological polar surface area (TPSA) is 65.5 Å². The Morgan fingerprint density at radius 2 is 2.00 bits per heavy atom. The summed E-state index contributed by atoms with van der Waals surface area (Å²) in [4.78, 5) is 18.0. The molecule has 1 aromatic rings. The fraction of sp³-hybridized carbons (Fsp3) is 0.625.